The Labute approximate surface area is 73.8 Å². The third-order valence-corrected chi connectivity index (χ3v) is 0. The molecular formula is H8Cl4N4Pd-4. The number of hydrogen-bond acceptors (Lipinski definition) is 0. The average molecular weight is 312 g/mol. The summed E-state index contributed by atoms with van der Waals surface area (Å²) in [4.78, 5) is 0. The van der Waals surface area contributed by atoms with Gasteiger partial charge in [0.25, 0.3) is 0 Å². The Morgan fingerprint density at radius 2 is 0.556 bits per heavy atom. The van der Waals surface area contributed by atoms with Crippen LogP contribution < -0.4 is 0 Å². The van der Waals surface area contributed by atoms with Gasteiger partial charge in [0.15, 0.2) is 0 Å². The summed E-state index contributed by atoms with van der Waals surface area (Å²) in [6, 6.07) is 0. The first kappa shape index (κ1) is 31.0. The number of hydrogen-bond donors (Lipinski definition) is 0. The van der Waals surface area contributed by atoms with Gasteiger partial charge in [-0.05, 0) is 0 Å². The Bertz CT molecular complexity index is 28.0. The van der Waals surface area contributed by atoms with Crippen LogP contribution in [-0.4, -0.2) is 0 Å². The zero-order chi connectivity index (χ0) is 4.50. The van der Waals surface area contributed by atoms with Crippen molar-refractivity contribution in [3.05, 3.63) is 24.6 Å². The smallest absolute Gasteiger partial charge is 0.693 e. The molecule has 0 aromatic heterocycles. The summed E-state index contributed by atoms with van der Waals surface area (Å²) >= 11 is -2.81. The fourth-order valence-electron chi connectivity index (χ4n) is 0. The van der Waals surface area contributed by atoms with Crippen LogP contribution in [0.5, 0.6) is 0 Å². The van der Waals surface area contributed by atoms with Crippen molar-refractivity contribution in [1.82, 2.24) is 0 Å². The second-order valence-electron chi connectivity index (χ2n) is 0.271. The fraction of sp³-hybridized carbons (Fsp3) is 0. The molecule has 9 heteroatoms. The largest absolute Gasteiger partial charge is 0.693 e. The van der Waals surface area contributed by atoms with Crippen LogP contribution in [0, 0.1) is 0 Å². The second kappa shape index (κ2) is 12.3. The molecular weight excluding hydrogens is 304 g/mol. The van der Waals surface area contributed by atoms with Crippen molar-refractivity contribution in [3.63, 3.8) is 0 Å². The molecule has 0 radical (unpaired) electrons. The van der Waals surface area contributed by atoms with E-state index in [9.17, 15) is 0 Å². The molecule has 0 aliphatic rings. The molecule has 0 aliphatic heterocycles. The first-order valence-corrected chi connectivity index (χ1v) is 8.49. The molecule has 4 nitrogen and oxygen atoms in total. The molecule has 9 heavy (non-hydrogen) atoms. The first-order chi connectivity index (χ1) is 2.00. The molecule has 0 unspecified atom stereocenters. The fourth-order valence-corrected chi connectivity index (χ4v) is 0. The maximum atomic E-state index is 4.98. The zero-order valence-corrected chi connectivity index (χ0v) is 8.72. The first-order valence-electron chi connectivity index (χ1n) is 0.478. The van der Waals surface area contributed by atoms with Gasteiger partial charge in [0.05, 0.1) is 0 Å². The van der Waals surface area contributed by atoms with Crippen LogP contribution in [-0.2, 0) is 11.5 Å². The van der Waals surface area contributed by atoms with E-state index in [1.807, 2.05) is 0 Å². The zero-order valence-electron chi connectivity index (χ0n) is 4.14. The number of halogens is 4. The van der Waals surface area contributed by atoms with E-state index in [0.29, 0.717) is 0 Å². The van der Waals surface area contributed by atoms with E-state index < -0.39 is 11.5 Å². The molecule has 0 aromatic rings. The topological polar surface area (TPSA) is 134 Å². The molecule has 0 saturated heterocycles. The van der Waals surface area contributed by atoms with Gasteiger partial charge in [-0.15, -0.1) is 0 Å². The summed E-state index contributed by atoms with van der Waals surface area (Å²) in [5, 5.41) is 0. The third-order valence-electron chi connectivity index (χ3n) is 0. The average Bonchev–Trinajstić information content (AvgIpc) is 0.722. The minimum atomic E-state index is -2.81. The van der Waals surface area contributed by atoms with Gasteiger partial charge < -0.3 is 24.6 Å². The Kier molecular flexibility index (Phi) is 42.6. The minimum absolute atomic E-state index is 0. The van der Waals surface area contributed by atoms with Crippen molar-refractivity contribution in [3.8, 4) is 0 Å². The van der Waals surface area contributed by atoms with E-state index in [1.54, 1.807) is 0 Å². The predicted molar refractivity (Wildman–Crippen MR) is 44.5 cm³/mol. The van der Waals surface area contributed by atoms with Gasteiger partial charge in [-0.25, -0.2) is 0 Å². The second-order valence-corrected chi connectivity index (χ2v) is 14.4. The van der Waals surface area contributed by atoms with E-state index in [1.165, 1.54) is 0 Å². The molecule has 0 heterocycles. The Hall–Kier alpha value is 1.66. The van der Waals surface area contributed by atoms with Crippen molar-refractivity contribution in [2.45, 2.75) is 0 Å². The third kappa shape index (κ3) is 205. The molecule has 0 atom stereocenters. The molecule has 0 rings (SSSR count). The Morgan fingerprint density at radius 3 is 0.556 bits per heavy atom. The Balaban J connectivity index is -0.0000000133. The van der Waals surface area contributed by atoms with Crippen LogP contribution >= 0.6 is 38.1 Å². The normalized spacial score (nSPS) is 8.44. The molecule has 8 N–H and O–H groups in total. The van der Waals surface area contributed by atoms with Gasteiger partial charge in [0.1, 0.15) is 0 Å². The summed E-state index contributed by atoms with van der Waals surface area (Å²) in [5.74, 6) is 0. The van der Waals surface area contributed by atoms with E-state index in [0.717, 1.165) is 0 Å². The molecule has 0 amide bonds. The number of rotatable bonds is 0. The van der Waals surface area contributed by atoms with Crippen molar-refractivity contribution < 1.29 is 11.5 Å². The molecule has 0 aliphatic carbocycles. The van der Waals surface area contributed by atoms with Crippen LogP contribution in [0.2, 0.25) is 0 Å². The molecule has 0 spiro atoms. The van der Waals surface area contributed by atoms with Crippen LogP contribution in [0.25, 0.3) is 24.6 Å². The number of nitrogens with two attached hydrogens (primary N) is 4. The van der Waals surface area contributed by atoms with Crippen molar-refractivity contribution in [2.75, 3.05) is 0 Å². The standard InChI is InChI=1S/4ClH.4H2N.Pd/h4*1H;4*1H2;/q;;;;4*-1;+4/p-4. The van der Waals surface area contributed by atoms with Crippen molar-refractivity contribution in [1.29, 1.82) is 0 Å². The van der Waals surface area contributed by atoms with E-state index in [4.69, 9.17) is 38.1 Å². The van der Waals surface area contributed by atoms with Gasteiger partial charge in [-0.3, -0.25) is 0 Å². The van der Waals surface area contributed by atoms with Crippen LogP contribution in [0.4, 0.5) is 0 Å². The summed E-state index contributed by atoms with van der Waals surface area (Å²) in [5.41, 5.74) is 0. The van der Waals surface area contributed by atoms with E-state index in [2.05, 4.69) is 0 Å². The van der Waals surface area contributed by atoms with Crippen LogP contribution in [0.15, 0.2) is 0 Å². The minimum Gasteiger partial charge on any atom is -0.693 e. The van der Waals surface area contributed by atoms with Crippen LogP contribution in [0.1, 0.15) is 0 Å². The molecule has 0 bridgehead atoms. The van der Waals surface area contributed by atoms with Crippen molar-refractivity contribution in [2.24, 2.45) is 0 Å². The van der Waals surface area contributed by atoms with Gasteiger partial charge in [0.2, 0.25) is 0 Å². The van der Waals surface area contributed by atoms with Gasteiger partial charge in [-0.1, -0.05) is 0 Å². The maximum Gasteiger partial charge on any atom is -0.693 e. The van der Waals surface area contributed by atoms with E-state index >= 15 is 0 Å². The SMILES string of the molecule is [Cl][Pd]([Cl])([Cl])[Cl].[NH2-].[NH2-].[NH2-].[NH2-]. The molecule has 0 saturated carbocycles. The van der Waals surface area contributed by atoms with Crippen molar-refractivity contribution >= 4 is 38.1 Å². The van der Waals surface area contributed by atoms with Crippen LogP contribution in [0.3, 0.4) is 0 Å². The molecule has 0 fully saturated rings. The van der Waals surface area contributed by atoms with Gasteiger partial charge in [0, 0.05) is 0 Å². The predicted octanol–water partition coefficient (Wildman–Crippen LogP) is 5.62. The maximum absolute atomic E-state index is 4.98. The monoisotopic (exact) mass is 310 g/mol. The van der Waals surface area contributed by atoms with Gasteiger partial charge in [-0.2, -0.15) is 0 Å². The van der Waals surface area contributed by atoms with E-state index in [-0.39, 0.29) is 24.6 Å². The molecule has 0 aromatic carbocycles. The molecule has 70 valence electrons. The summed E-state index contributed by atoms with van der Waals surface area (Å²) in [6.07, 6.45) is 0. The Morgan fingerprint density at radius 1 is 0.556 bits per heavy atom. The summed E-state index contributed by atoms with van der Waals surface area (Å²) < 4.78 is 0. The van der Waals surface area contributed by atoms with Gasteiger partial charge >= 0.3 is 49.6 Å². The summed E-state index contributed by atoms with van der Waals surface area (Å²) in [7, 11) is 19.9. The quantitative estimate of drug-likeness (QED) is 0.513. The summed E-state index contributed by atoms with van der Waals surface area (Å²) in [6.45, 7) is 0.